The van der Waals surface area contributed by atoms with E-state index in [1.165, 1.54) is 19.3 Å². The number of carbonyl (C=O) groups excluding carboxylic acids is 1. The van der Waals surface area contributed by atoms with Gasteiger partial charge in [0.25, 0.3) is 16.0 Å². The lowest BCUT2D eigenvalue weighted by Crippen LogP contribution is -2.23. The second kappa shape index (κ2) is 8.64. The molecule has 1 aromatic rings. The van der Waals surface area contributed by atoms with E-state index in [0.29, 0.717) is 18.8 Å². The summed E-state index contributed by atoms with van der Waals surface area (Å²) in [5, 5.41) is 5.64. The van der Waals surface area contributed by atoms with Crippen molar-refractivity contribution in [2.45, 2.75) is 32.2 Å². The smallest absolute Gasteiger partial charge is 0.269 e. The molecule has 0 saturated carbocycles. The van der Waals surface area contributed by atoms with Crippen molar-refractivity contribution in [2.24, 2.45) is 0 Å². The first kappa shape index (κ1) is 18.3. The third-order valence-electron chi connectivity index (χ3n) is 2.94. The summed E-state index contributed by atoms with van der Waals surface area (Å²) < 4.78 is 26.4. The SMILES string of the molecule is CCC(CCCOS(C)(=O)=O)Nc1nccc(C(=O)NC)n1. The summed E-state index contributed by atoms with van der Waals surface area (Å²) in [4.78, 5) is 19.7. The number of rotatable bonds is 9. The van der Waals surface area contributed by atoms with Crippen LogP contribution in [0.1, 0.15) is 36.7 Å². The number of nitrogens with zero attached hydrogens (tertiary/aromatic N) is 2. The third kappa shape index (κ3) is 6.81. The summed E-state index contributed by atoms with van der Waals surface area (Å²) in [6, 6.07) is 1.60. The summed E-state index contributed by atoms with van der Waals surface area (Å²) >= 11 is 0. The van der Waals surface area contributed by atoms with Crippen molar-refractivity contribution in [1.29, 1.82) is 0 Å². The van der Waals surface area contributed by atoms with Gasteiger partial charge in [0.2, 0.25) is 5.95 Å². The number of carbonyl (C=O) groups is 1. The normalized spacial score (nSPS) is 12.7. The summed E-state index contributed by atoms with van der Waals surface area (Å²) in [5.74, 6) is 0.0945. The maximum absolute atomic E-state index is 11.5. The van der Waals surface area contributed by atoms with Crippen LogP contribution >= 0.6 is 0 Å². The Kier molecular flexibility index (Phi) is 7.19. The maximum Gasteiger partial charge on any atom is 0.269 e. The van der Waals surface area contributed by atoms with Gasteiger partial charge in [-0.25, -0.2) is 9.97 Å². The fourth-order valence-corrected chi connectivity index (χ4v) is 2.20. The van der Waals surface area contributed by atoms with Gasteiger partial charge >= 0.3 is 0 Å². The number of hydrogen-bond acceptors (Lipinski definition) is 7. The second-order valence-electron chi connectivity index (χ2n) is 4.76. The molecule has 0 bridgehead atoms. The quantitative estimate of drug-likeness (QED) is 0.508. The van der Waals surface area contributed by atoms with Crippen LogP contribution in [0, 0.1) is 0 Å². The van der Waals surface area contributed by atoms with E-state index in [0.717, 1.165) is 12.7 Å². The summed E-state index contributed by atoms with van der Waals surface area (Å²) in [7, 11) is -1.86. The second-order valence-corrected chi connectivity index (χ2v) is 6.41. The Morgan fingerprint density at radius 1 is 1.45 bits per heavy atom. The molecular formula is C13H22N4O4S. The average Bonchev–Trinajstić information content (AvgIpc) is 2.48. The van der Waals surface area contributed by atoms with E-state index in [2.05, 4.69) is 20.6 Å². The minimum absolute atomic E-state index is 0.0723. The van der Waals surface area contributed by atoms with Gasteiger partial charge in [-0.05, 0) is 25.3 Å². The predicted molar refractivity (Wildman–Crippen MR) is 83.2 cm³/mol. The fraction of sp³-hybridized carbons (Fsp3) is 0.615. The molecular weight excluding hydrogens is 308 g/mol. The van der Waals surface area contributed by atoms with Crippen molar-refractivity contribution in [3.05, 3.63) is 18.0 Å². The molecule has 1 heterocycles. The molecule has 0 aliphatic rings. The molecule has 0 aliphatic heterocycles. The number of amides is 1. The molecule has 2 N–H and O–H groups in total. The molecule has 9 heteroatoms. The van der Waals surface area contributed by atoms with E-state index in [-0.39, 0.29) is 24.2 Å². The highest BCUT2D eigenvalue weighted by Crippen LogP contribution is 2.10. The molecule has 22 heavy (non-hydrogen) atoms. The van der Waals surface area contributed by atoms with Crippen LogP contribution in [0.4, 0.5) is 5.95 Å². The van der Waals surface area contributed by atoms with Gasteiger partial charge in [-0.3, -0.25) is 8.98 Å². The van der Waals surface area contributed by atoms with Crippen molar-refractivity contribution in [3.8, 4) is 0 Å². The van der Waals surface area contributed by atoms with Crippen LogP contribution in [0.3, 0.4) is 0 Å². The van der Waals surface area contributed by atoms with Gasteiger partial charge in [0.05, 0.1) is 12.9 Å². The van der Waals surface area contributed by atoms with E-state index >= 15 is 0 Å². The molecule has 1 aromatic heterocycles. The van der Waals surface area contributed by atoms with E-state index in [1.807, 2.05) is 6.92 Å². The summed E-state index contributed by atoms with van der Waals surface area (Å²) in [6.07, 6.45) is 4.65. The minimum atomic E-state index is -3.40. The molecule has 1 rings (SSSR count). The predicted octanol–water partition coefficient (Wildman–Crippen LogP) is 0.783. The molecule has 8 nitrogen and oxygen atoms in total. The Labute approximate surface area is 130 Å². The first-order valence-corrected chi connectivity index (χ1v) is 8.83. The van der Waals surface area contributed by atoms with Gasteiger partial charge < -0.3 is 10.6 Å². The van der Waals surface area contributed by atoms with Gasteiger partial charge in [0.15, 0.2) is 0 Å². The average molecular weight is 330 g/mol. The third-order valence-corrected chi connectivity index (χ3v) is 3.53. The Morgan fingerprint density at radius 2 is 2.18 bits per heavy atom. The van der Waals surface area contributed by atoms with E-state index in [9.17, 15) is 13.2 Å². The fourth-order valence-electron chi connectivity index (χ4n) is 1.78. The Hall–Kier alpha value is -1.74. The number of nitrogens with one attached hydrogen (secondary N) is 2. The number of aromatic nitrogens is 2. The van der Waals surface area contributed by atoms with Crippen LogP contribution in [0.15, 0.2) is 12.3 Å². The molecule has 0 spiro atoms. The lowest BCUT2D eigenvalue weighted by Gasteiger charge is -2.16. The summed E-state index contributed by atoms with van der Waals surface area (Å²) in [5.41, 5.74) is 0.287. The molecule has 0 aromatic carbocycles. The number of anilines is 1. The Balaban J connectivity index is 2.53. The molecule has 0 fully saturated rings. The van der Waals surface area contributed by atoms with Gasteiger partial charge in [-0.1, -0.05) is 6.92 Å². The Bertz CT molecular complexity index is 591. The van der Waals surface area contributed by atoms with E-state index in [1.54, 1.807) is 0 Å². The molecule has 1 unspecified atom stereocenters. The van der Waals surface area contributed by atoms with Crippen LogP contribution in [0.2, 0.25) is 0 Å². The van der Waals surface area contributed by atoms with Crippen LogP contribution in [-0.4, -0.2) is 50.2 Å². The van der Waals surface area contributed by atoms with E-state index < -0.39 is 10.1 Å². The van der Waals surface area contributed by atoms with Crippen molar-refractivity contribution in [3.63, 3.8) is 0 Å². The van der Waals surface area contributed by atoms with Crippen LogP contribution in [-0.2, 0) is 14.3 Å². The monoisotopic (exact) mass is 330 g/mol. The molecule has 124 valence electrons. The topological polar surface area (TPSA) is 110 Å². The zero-order chi connectivity index (χ0) is 16.6. The molecule has 0 saturated heterocycles. The standard InChI is InChI=1S/C13H22N4O4S/c1-4-10(6-5-9-21-22(3,19)20)16-13-15-8-7-11(17-13)12(18)14-2/h7-8,10H,4-6,9H2,1-3H3,(H,14,18)(H,15,16,17). The van der Waals surface area contributed by atoms with Crippen molar-refractivity contribution >= 4 is 22.0 Å². The molecule has 0 aliphatic carbocycles. The molecule has 0 radical (unpaired) electrons. The lowest BCUT2D eigenvalue weighted by molar-refractivity contribution is 0.0958. The van der Waals surface area contributed by atoms with Gasteiger partial charge in [0, 0.05) is 19.3 Å². The number of hydrogen-bond donors (Lipinski definition) is 2. The van der Waals surface area contributed by atoms with Crippen LogP contribution in [0.5, 0.6) is 0 Å². The zero-order valence-electron chi connectivity index (χ0n) is 13.0. The molecule has 1 amide bonds. The van der Waals surface area contributed by atoms with E-state index in [4.69, 9.17) is 4.18 Å². The highest BCUT2D eigenvalue weighted by atomic mass is 32.2. The van der Waals surface area contributed by atoms with Crippen molar-refractivity contribution in [1.82, 2.24) is 15.3 Å². The van der Waals surface area contributed by atoms with Crippen LogP contribution < -0.4 is 10.6 Å². The van der Waals surface area contributed by atoms with Gasteiger partial charge in [-0.15, -0.1) is 0 Å². The highest BCUT2D eigenvalue weighted by molar-refractivity contribution is 7.85. The van der Waals surface area contributed by atoms with Crippen molar-refractivity contribution < 1.29 is 17.4 Å². The minimum Gasteiger partial charge on any atom is -0.354 e. The first-order valence-electron chi connectivity index (χ1n) is 7.01. The van der Waals surface area contributed by atoms with Gasteiger partial charge in [0.1, 0.15) is 5.69 Å². The largest absolute Gasteiger partial charge is 0.354 e. The van der Waals surface area contributed by atoms with Gasteiger partial charge in [-0.2, -0.15) is 8.42 Å². The zero-order valence-corrected chi connectivity index (χ0v) is 13.8. The Morgan fingerprint density at radius 3 is 2.77 bits per heavy atom. The highest BCUT2D eigenvalue weighted by Gasteiger charge is 2.11. The maximum atomic E-state index is 11.5. The lowest BCUT2D eigenvalue weighted by atomic mass is 10.1. The summed E-state index contributed by atoms with van der Waals surface area (Å²) in [6.45, 7) is 2.15. The molecule has 1 atom stereocenters. The van der Waals surface area contributed by atoms with Crippen LogP contribution in [0.25, 0.3) is 0 Å². The first-order chi connectivity index (χ1) is 10.4. The van der Waals surface area contributed by atoms with Crippen molar-refractivity contribution in [2.75, 3.05) is 25.2 Å².